The summed E-state index contributed by atoms with van der Waals surface area (Å²) in [5.41, 5.74) is 1.63. The highest BCUT2D eigenvalue weighted by molar-refractivity contribution is 6.34. The Bertz CT molecular complexity index is 708. The highest BCUT2D eigenvalue weighted by Gasteiger charge is 2.36. The maximum atomic E-state index is 12.8. The number of halogens is 1. The van der Waals surface area contributed by atoms with Gasteiger partial charge in [-0.15, -0.1) is 0 Å². The second-order valence-corrected chi connectivity index (χ2v) is 8.01. The van der Waals surface area contributed by atoms with Gasteiger partial charge in [0.1, 0.15) is 0 Å². The van der Waals surface area contributed by atoms with Crippen molar-refractivity contribution in [1.82, 2.24) is 4.90 Å². The van der Waals surface area contributed by atoms with Crippen LogP contribution in [-0.2, 0) is 14.3 Å². The van der Waals surface area contributed by atoms with Crippen LogP contribution >= 0.6 is 11.6 Å². The van der Waals surface area contributed by atoms with Gasteiger partial charge in [0.2, 0.25) is 11.8 Å². The molecule has 0 aromatic heterocycles. The summed E-state index contributed by atoms with van der Waals surface area (Å²) in [6.45, 7) is 4.19. The van der Waals surface area contributed by atoms with Crippen molar-refractivity contribution >= 4 is 34.8 Å². The Balaban J connectivity index is 1.39. The third kappa shape index (κ3) is 4.22. The van der Waals surface area contributed by atoms with Crippen molar-refractivity contribution in [3.63, 3.8) is 0 Å². The molecular formula is C20H26ClN3O3. The van der Waals surface area contributed by atoms with Crippen LogP contribution in [0.25, 0.3) is 0 Å². The summed E-state index contributed by atoms with van der Waals surface area (Å²) in [6.07, 6.45) is 3.49. The van der Waals surface area contributed by atoms with E-state index < -0.39 is 0 Å². The molecule has 2 amide bonds. The van der Waals surface area contributed by atoms with E-state index in [0.29, 0.717) is 31.3 Å². The summed E-state index contributed by atoms with van der Waals surface area (Å²) in [4.78, 5) is 29.1. The van der Waals surface area contributed by atoms with E-state index in [9.17, 15) is 9.59 Å². The average molecular weight is 392 g/mol. The molecule has 1 aromatic rings. The van der Waals surface area contributed by atoms with Crippen molar-refractivity contribution in [1.29, 1.82) is 0 Å². The first-order chi connectivity index (χ1) is 13.1. The molecule has 146 valence electrons. The molecule has 0 spiro atoms. The number of ether oxygens (including phenoxy) is 1. The Morgan fingerprint density at radius 1 is 1.00 bits per heavy atom. The normalized spacial score (nSPS) is 21.2. The van der Waals surface area contributed by atoms with Crippen LogP contribution in [0.5, 0.6) is 0 Å². The van der Waals surface area contributed by atoms with Crippen LogP contribution in [0.4, 0.5) is 11.4 Å². The molecule has 1 aromatic carbocycles. The third-order valence-corrected chi connectivity index (χ3v) is 5.98. The van der Waals surface area contributed by atoms with Crippen LogP contribution in [0.15, 0.2) is 18.2 Å². The van der Waals surface area contributed by atoms with Crippen LogP contribution in [0, 0.1) is 11.8 Å². The average Bonchev–Trinajstić information content (AvgIpc) is 3.54. The molecule has 1 aliphatic carbocycles. The highest BCUT2D eigenvalue weighted by Crippen LogP contribution is 2.36. The van der Waals surface area contributed by atoms with E-state index in [1.807, 2.05) is 23.1 Å². The minimum absolute atomic E-state index is 0.0188. The topological polar surface area (TPSA) is 61.9 Å². The second kappa shape index (κ2) is 8.07. The number of carbonyl (C=O) groups excluding carboxylic acids is 2. The van der Waals surface area contributed by atoms with Gasteiger partial charge in [0.25, 0.3) is 0 Å². The maximum Gasteiger partial charge on any atom is 0.227 e. The molecule has 0 atom stereocenters. The number of nitrogens with one attached hydrogen (secondary N) is 1. The molecule has 4 rings (SSSR count). The number of hydrogen-bond acceptors (Lipinski definition) is 4. The van der Waals surface area contributed by atoms with Gasteiger partial charge in [-0.2, -0.15) is 0 Å². The van der Waals surface area contributed by atoms with E-state index in [1.54, 1.807) is 0 Å². The van der Waals surface area contributed by atoms with E-state index in [-0.39, 0.29) is 23.7 Å². The lowest BCUT2D eigenvalue weighted by molar-refractivity contribution is -0.135. The van der Waals surface area contributed by atoms with Crippen LogP contribution in [-0.4, -0.2) is 56.1 Å². The monoisotopic (exact) mass is 391 g/mol. The van der Waals surface area contributed by atoms with E-state index >= 15 is 0 Å². The molecule has 0 unspecified atom stereocenters. The van der Waals surface area contributed by atoms with Crippen LogP contribution in [0.1, 0.15) is 25.7 Å². The summed E-state index contributed by atoms with van der Waals surface area (Å²) in [7, 11) is 0. The molecule has 2 heterocycles. The van der Waals surface area contributed by atoms with Crippen molar-refractivity contribution in [2.75, 3.05) is 49.6 Å². The number of hydrogen-bond donors (Lipinski definition) is 1. The van der Waals surface area contributed by atoms with Crippen molar-refractivity contribution in [3.8, 4) is 0 Å². The van der Waals surface area contributed by atoms with Crippen molar-refractivity contribution < 1.29 is 14.3 Å². The predicted molar refractivity (Wildman–Crippen MR) is 105 cm³/mol. The largest absolute Gasteiger partial charge is 0.378 e. The lowest BCUT2D eigenvalue weighted by Gasteiger charge is -2.33. The fourth-order valence-electron chi connectivity index (χ4n) is 3.91. The number of benzene rings is 1. The molecule has 0 bridgehead atoms. The first-order valence-corrected chi connectivity index (χ1v) is 10.2. The Morgan fingerprint density at radius 3 is 2.37 bits per heavy atom. The van der Waals surface area contributed by atoms with Gasteiger partial charge >= 0.3 is 0 Å². The molecule has 3 aliphatic rings. The Labute approximate surface area is 164 Å². The third-order valence-electron chi connectivity index (χ3n) is 5.68. The molecule has 7 heteroatoms. The van der Waals surface area contributed by atoms with E-state index in [4.69, 9.17) is 16.3 Å². The van der Waals surface area contributed by atoms with E-state index in [0.717, 1.165) is 50.1 Å². The number of rotatable bonds is 4. The van der Waals surface area contributed by atoms with Gasteiger partial charge in [-0.1, -0.05) is 17.7 Å². The van der Waals surface area contributed by atoms with Crippen LogP contribution in [0.2, 0.25) is 5.02 Å². The highest BCUT2D eigenvalue weighted by atomic mass is 35.5. The van der Waals surface area contributed by atoms with E-state index in [2.05, 4.69) is 10.2 Å². The number of para-hydroxylation sites is 1. The summed E-state index contributed by atoms with van der Waals surface area (Å²) in [5, 5.41) is 3.73. The maximum absolute atomic E-state index is 12.8. The molecule has 1 saturated carbocycles. The number of likely N-dealkylation sites (tertiary alicyclic amines) is 1. The Morgan fingerprint density at radius 2 is 1.70 bits per heavy atom. The van der Waals surface area contributed by atoms with Gasteiger partial charge in [0.05, 0.1) is 29.6 Å². The fraction of sp³-hybridized carbons (Fsp3) is 0.600. The molecule has 1 N–H and O–H groups in total. The molecule has 6 nitrogen and oxygen atoms in total. The predicted octanol–water partition coefficient (Wildman–Crippen LogP) is 2.76. The lowest BCUT2D eigenvalue weighted by atomic mass is 9.95. The second-order valence-electron chi connectivity index (χ2n) is 7.60. The minimum Gasteiger partial charge on any atom is -0.378 e. The summed E-state index contributed by atoms with van der Waals surface area (Å²) in [5.74, 6) is 0.478. The molecule has 3 fully saturated rings. The lowest BCUT2D eigenvalue weighted by Crippen LogP contribution is -2.42. The number of piperidine rings is 1. The molecule has 27 heavy (non-hydrogen) atoms. The van der Waals surface area contributed by atoms with Gasteiger partial charge < -0.3 is 19.9 Å². The molecule has 2 saturated heterocycles. The number of anilines is 2. The quantitative estimate of drug-likeness (QED) is 0.857. The summed E-state index contributed by atoms with van der Waals surface area (Å²) < 4.78 is 5.42. The van der Waals surface area contributed by atoms with Crippen LogP contribution in [0.3, 0.4) is 0 Å². The summed E-state index contributed by atoms with van der Waals surface area (Å²) >= 11 is 6.44. The minimum atomic E-state index is -0.0650. The zero-order chi connectivity index (χ0) is 18.8. The Kier molecular flexibility index (Phi) is 5.55. The van der Waals surface area contributed by atoms with Gasteiger partial charge in [0.15, 0.2) is 0 Å². The van der Waals surface area contributed by atoms with Gasteiger partial charge in [-0.25, -0.2) is 0 Å². The number of amides is 2. The number of nitrogens with zero attached hydrogens (tertiary/aromatic N) is 2. The van der Waals surface area contributed by atoms with Gasteiger partial charge in [-0.05, 0) is 37.8 Å². The zero-order valence-electron chi connectivity index (χ0n) is 15.5. The zero-order valence-corrected chi connectivity index (χ0v) is 16.2. The van der Waals surface area contributed by atoms with Gasteiger partial charge in [0, 0.05) is 38.0 Å². The number of carbonyl (C=O) groups is 2. The van der Waals surface area contributed by atoms with E-state index in [1.165, 1.54) is 0 Å². The molecule has 0 radical (unpaired) electrons. The van der Waals surface area contributed by atoms with Crippen molar-refractivity contribution in [2.24, 2.45) is 11.8 Å². The molecular weight excluding hydrogens is 366 g/mol. The smallest absolute Gasteiger partial charge is 0.227 e. The van der Waals surface area contributed by atoms with Crippen molar-refractivity contribution in [3.05, 3.63) is 23.2 Å². The van der Waals surface area contributed by atoms with Gasteiger partial charge in [-0.3, -0.25) is 9.59 Å². The summed E-state index contributed by atoms with van der Waals surface area (Å²) in [6, 6.07) is 5.61. The number of morpholine rings is 1. The SMILES string of the molecule is O=C(Nc1cccc(Cl)c1N1CCOCC1)C1CCN(C(=O)C2CC2)CC1. The molecule has 2 aliphatic heterocycles. The van der Waals surface area contributed by atoms with Crippen LogP contribution < -0.4 is 10.2 Å². The first-order valence-electron chi connectivity index (χ1n) is 9.84. The standard InChI is InChI=1S/C20H26ClN3O3/c21-16-2-1-3-17(18(16)23-10-12-27-13-11-23)22-19(25)14-6-8-24(9-7-14)20(26)15-4-5-15/h1-3,14-15H,4-13H2,(H,22,25). The van der Waals surface area contributed by atoms with Crippen molar-refractivity contribution in [2.45, 2.75) is 25.7 Å². The Hall–Kier alpha value is -1.79. The fourth-order valence-corrected chi connectivity index (χ4v) is 4.20. The first kappa shape index (κ1) is 18.6.